The molecule has 0 radical (unpaired) electrons. The maximum atomic E-state index is 12.9. The molecule has 3 fully saturated rings. The van der Waals surface area contributed by atoms with Crippen LogP contribution in [0.4, 0.5) is 0 Å². The van der Waals surface area contributed by atoms with Crippen molar-refractivity contribution in [3.63, 3.8) is 0 Å². The minimum atomic E-state index is -0.420. The number of thiazole rings is 1. The summed E-state index contributed by atoms with van der Waals surface area (Å²) in [5, 5.41) is 4.77. The third-order valence-corrected chi connectivity index (χ3v) is 5.83. The highest BCUT2D eigenvalue weighted by molar-refractivity contribution is 7.09. The van der Waals surface area contributed by atoms with E-state index in [9.17, 15) is 4.79 Å². The summed E-state index contributed by atoms with van der Waals surface area (Å²) in [6.45, 7) is 7.03. The minimum Gasteiger partial charge on any atom is -0.380 e. The third kappa shape index (κ3) is 2.36. The highest BCUT2D eigenvalue weighted by atomic mass is 32.1. The first-order chi connectivity index (χ1) is 10.7. The maximum Gasteiger partial charge on any atom is 0.256 e. The summed E-state index contributed by atoms with van der Waals surface area (Å²) < 4.78 is 5.66. The molecule has 0 N–H and O–H groups in total. The molecule has 4 rings (SSSR count). The number of hydrogen-bond donors (Lipinski definition) is 0. The Bertz CT molecular complexity index is 572. The molecule has 0 aromatic carbocycles. The van der Waals surface area contributed by atoms with E-state index < -0.39 is 5.41 Å². The number of hydroxylamine groups is 2. The second-order valence-corrected chi connectivity index (χ2v) is 7.46. The van der Waals surface area contributed by atoms with Gasteiger partial charge in [0.25, 0.3) is 5.91 Å². The number of aromatic nitrogens is 1. The summed E-state index contributed by atoms with van der Waals surface area (Å²) in [7, 11) is 0. The Balaban J connectivity index is 1.50. The second-order valence-electron chi connectivity index (χ2n) is 6.51. The monoisotopic (exact) mass is 323 g/mol. The second kappa shape index (κ2) is 5.56. The Labute approximate surface area is 134 Å². The molecule has 3 aliphatic rings. The molecule has 3 aliphatic heterocycles. The molecule has 0 aliphatic carbocycles. The molecule has 2 atom stereocenters. The van der Waals surface area contributed by atoms with Crippen molar-refractivity contribution in [1.29, 1.82) is 0 Å². The topological polar surface area (TPSA) is 54.9 Å². The van der Waals surface area contributed by atoms with E-state index in [1.165, 1.54) is 0 Å². The van der Waals surface area contributed by atoms with E-state index in [2.05, 4.69) is 15.3 Å². The highest BCUT2D eigenvalue weighted by Crippen LogP contribution is 2.43. The highest BCUT2D eigenvalue weighted by Gasteiger charge is 2.57. The van der Waals surface area contributed by atoms with Crippen LogP contribution >= 0.6 is 11.3 Å². The molecule has 7 heteroatoms. The van der Waals surface area contributed by atoms with Crippen molar-refractivity contribution >= 4 is 17.2 Å². The average molecular weight is 323 g/mol. The summed E-state index contributed by atoms with van der Waals surface area (Å²) >= 11 is 1.69. The normalized spacial score (nSPS) is 31.9. The first-order valence-electron chi connectivity index (χ1n) is 7.83. The van der Waals surface area contributed by atoms with Gasteiger partial charge in [-0.3, -0.25) is 14.5 Å². The van der Waals surface area contributed by atoms with Crippen LogP contribution in [0, 0.1) is 18.3 Å². The predicted octanol–water partition coefficient (Wildman–Crippen LogP) is 1.06. The van der Waals surface area contributed by atoms with Crippen molar-refractivity contribution in [1.82, 2.24) is 14.9 Å². The van der Waals surface area contributed by atoms with Crippen LogP contribution in [-0.4, -0.2) is 60.3 Å². The Morgan fingerprint density at radius 3 is 3.23 bits per heavy atom. The van der Waals surface area contributed by atoms with Gasteiger partial charge in [-0.25, -0.2) is 10.0 Å². The van der Waals surface area contributed by atoms with E-state index in [4.69, 9.17) is 9.57 Å². The molecule has 0 spiro atoms. The molecular formula is C15H21N3O3S. The van der Waals surface area contributed by atoms with Crippen LogP contribution in [0.5, 0.6) is 0 Å². The lowest BCUT2D eigenvalue weighted by Gasteiger charge is -2.29. The van der Waals surface area contributed by atoms with Crippen LogP contribution in [0.2, 0.25) is 0 Å². The van der Waals surface area contributed by atoms with Crippen LogP contribution in [0.3, 0.4) is 0 Å². The molecule has 1 amide bonds. The lowest BCUT2D eigenvalue weighted by Crippen LogP contribution is -2.47. The van der Waals surface area contributed by atoms with Crippen molar-refractivity contribution in [3.05, 3.63) is 16.1 Å². The van der Waals surface area contributed by atoms with E-state index in [1.807, 2.05) is 6.92 Å². The van der Waals surface area contributed by atoms with E-state index in [0.29, 0.717) is 26.4 Å². The molecule has 120 valence electrons. The van der Waals surface area contributed by atoms with Crippen molar-refractivity contribution in [3.8, 4) is 0 Å². The summed E-state index contributed by atoms with van der Waals surface area (Å²) in [5.74, 6) is 0.385. The lowest BCUT2D eigenvalue weighted by atomic mass is 9.80. The van der Waals surface area contributed by atoms with Crippen molar-refractivity contribution in [2.24, 2.45) is 11.3 Å². The molecule has 0 bridgehead atoms. The van der Waals surface area contributed by atoms with Crippen LogP contribution in [0.1, 0.15) is 17.1 Å². The number of aryl methyl sites for hydroxylation is 1. The number of likely N-dealkylation sites (tertiary alicyclic amines) is 1. The predicted molar refractivity (Wildman–Crippen MR) is 81.2 cm³/mol. The van der Waals surface area contributed by atoms with Crippen molar-refractivity contribution < 1.29 is 14.4 Å². The van der Waals surface area contributed by atoms with Crippen LogP contribution in [0.15, 0.2) is 5.38 Å². The molecular weight excluding hydrogens is 302 g/mol. The molecule has 22 heavy (non-hydrogen) atoms. The fourth-order valence-electron chi connectivity index (χ4n) is 3.79. The molecule has 1 aromatic heterocycles. The average Bonchev–Trinajstić information content (AvgIpc) is 3.22. The number of fused-ring (bicyclic) bond motifs is 1. The Hall–Kier alpha value is -1.02. The number of carbonyl (C=O) groups is 1. The molecule has 6 nitrogen and oxygen atoms in total. The van der Waals surface area contributed by atoms with Crippen LogP contribution in [-0.2, 0) is 20.9 Å². The zero-order chi connectivity index (χ0) is 15.2. The summed E-state index contributed by atoms with van der Waals surface area (Å²) in [4.78, 5) is 25.3. The number of amides is 1. The zero-order valence-electron chi connectivity index (χ0n) is 12.8. The van der Waals surface area contributed by atoms with Gasteiger partial charge in [0.1, 0.15) is 5.01 Å². The van der Waals surface area contributed by atoms with Gasteiger partial charge in [-0.15, -0.1) is 11.3 Å². The van der Waals surface area contributed by atoms with E-state index in [1.54, 1.807) is 16.4 Å². The van der Waals surface area contributed by atoms with E-state index >= 15 is 0 Å². The standard InChI is InChI=1S/C15H21N3O3S/c1-11-8-22-13(16-11)6-17-5-12-7-20-10-15(12,9-17)14(19)18-3-2-4-21-18/h8,12H,2-7,9-10H2,1H3/t12-,15-/m1/s1. The van der Waals surface area contributed by atoms with Gasteiger partial charge in [0.05, 0.1) is 38.3 Å². The SMILES string of the molecule is Cc1csc(CN2C[C@@H]3COC[C@]3(C(=O)N3CCCO3)C2)n1. The van der Waals surface area contributed by atoms with E-state index in [-0.39, 0.29) is 11.8 Å². The Morgan fingerprint density at radius 1 is 1.59 bits per heavy atom. The Kier molecular flexibility index (Phi) is 3.68. The largest absolute Gasteiger partial charge is 0.380 e. The van der Waals surface area contributed by atoms with Gasteiger partial charge in [0.15, 0.2) is 0 Å². The molecule has 0 unspecified atom stereocenters. The summed E-state index contributed by atoms with van der Waals surface area (Å²) in [6.07, 6.45) is 0.926. The van der Waals surface area contributed by atoms with Gasteiger partial charge in [0, 0.05) is 30.1 Å². The van der Waals surface area contributed by atoms with Gasteiger partial charge < -0.3 is 4.74 Å². The molecule has 3 saturated heterocycles. The minimum absolute atomic E-state index is 0.116. The van der Waals surface area contributed by atoms with Gasteiger partial charge in [0.2, 0.25) is 0 Å². The molecule has 0 saturated carbocycles. The quantitative estimate of drug-likeness (QED) is 0.833. The number of carbonyl (C=O) groups excluding carboxylic acids is 1. The summed E-state index contributed by atoms with van der Waals surface area (Å²) in [5.41, 5.74) is 0.649. The van der Waals surface area contributed by atoms with Gasteiger partial charge in [-0.1, -0.05) is 0 Å². The third-order valence-electron chi connectivity index (χ3n) is 4.88. The smallest absolute Gasteiger partial charge is 0.256 e. The first kappa shape index (κ1) is 14.6. The first-order valence-corrected chi connectivity index (χ1v) is 8.71. The van der Waals surface area contributed by atoms with Crippen LogP contribution < -0.4 is 0 Å². The zero-order valence-corrected chi connectivity index (χ0v) is 13.6. The molecule has 4 heterocycles. The lowest BCUT2D eigenvalue weighted by molar-refractivity contribution is -0.181. The number of hydrogen-bond acceptors (Lipinski definition) is 6. The van der Waals surface area contributed by atoms with Crippen LogP contribution in [0.25, 0.3) is 0 Å². The van der Waals surface area contributed by atoms with Gasteiger partial charge in [-0.05, 0) is 13.3 Å². The fraction of sp³-hybridized carbons (Fsp3) is 0.733. The van der Waals surface area contributed by atoms with E-state index in [0.717, 1.165) is 36.8 Å². The maximum absolute atomic E-state index is 12.9. The van der Waals surface area contributed by atoms with Crippen molar-refractivity contribution in [2.75, 3.05) is 39.5 Å². The van der Waals surface area contributed by atoms with Gasteiger partial charge in [-0.2, -0.15) is 0 Å². The van der Waals surface area contributed by atoms with Crippen molar-refractivity contribution in [2.45, 2.75) is 19.9 Å². The Morgan fingerprint density at radius 2 is 2.50 bits per heavy atom. The summed E-state index contributed by atoms with van der Waals surface area (Å²) in [6, 6.07) is 0. The number of ether oxygens (including phenoxy) is 1. The number of nitrogens with zero attached hydrogens (tertiary/aromatic N) is 3. The number of rotatable bonds is 3. The van der Waals surface area contributed by atoms with Gasteiger partial charge >= 0.3 is 0 Å². The fourth-order valence-corrected chi connectivity index (χ4v) is 4.60. The molecule has 1 aromatic rings.